The lowest BCUT2D eigenvalue weighted by Gasteiger charge is -2.05. The average molecular weight is 353 g/mol. The van der Waals surface area contributed by atoms with E-state index < -0.39 is 0 Å². The van der Waals surface area contributed by atoms with Crippen LogP contribution in [0.4, 0.5) is 0 Å². The lowest BCUT2D eigenvalue weighted by molar-refractivity contribution is 0.917. The summed E-state index contributed by atoms with van der Waals surface area (Å²) in [6, 6.07) is 6.16. The fraction of sp³-hybridized carbons (Fsp3) is 0.111. The highest BCUT2D eigenvalue weighted by molar-refractivity contribution is 9.13. The molecule has 0 bridgehead atoms. The second kappa shape index (κ2) is 4.45. The van der Waals surface area contributed by atoms with Gasteiger partial charge in [0.25, 0.3) is 0 Å². The van der Waals surface area contributed by atoms with Gasteiger partial charge in [-0.25, -0.2) is 0 Å². The van der Waals surface area contributed by atoms with E-state index in [-0.39, 0.29) is 6.04 Å². The topological polar surface area (TPSA) is 26.0 Å². The summed E-state index contributed by atoms with van der Waals surface area (Å²) in [4.78, 5) is 2.37. The molecule has 14 heavy (non-hydrogen) atoms. The van der Waals surface area contributed by atoms with E-state index in [1.807, 2.05) is 11.4 Å². The predicted octanol–water partition coefficient (Wildman–Crippen LogP) is 4.38. The van der Waals surface area contributed by atoms with E-state index in [4.69, 9.17) is 5.73 Å². The first-order chi connectivity index (χ1) is 6.68. The number of hydrogen-bond acceptors (Lipinski definition) is 3. The van der Waals surface area contributed by atoms with Crippen molar-refractivity contribution in [1.82, 2.24) is 0 Å². The average Bonchev–Trinajstić information content (AvgIpc) is 2.76. The first kappa shape index (κ1) is 10.8. The maximum Gasteiger partial charge on any atom is 0.0843 e. The van der Waals surface area contributed by atoms with Gasteiger partial charge in [0.2, 0.25) is 0 Å². The first-order valence-corrected chi connectivity index (χ1v) is 7.20. The van der Waals surface area contributed by atoms with E-state index in [2.05, 4.69) is 44.0 Å². The maximum absolute atomic E-state index is 6.12. The molecule has 0 aliphatic rings. The van der Waals surface area contributed by atoms with Gasteiger partial charge in [-0.05, 0) is 49.4 Å². The van der Waals surface area contributed by atoms with Crippen molar-refractivity contribution in [2.45, 2.75) is 6.04 Å². The maximum atomic E-state index is 6.12. The Morgan fingerprint density at radius 1 is 1.29 bits per heavy atom. The molecular weight excluding hydrogens is 346 g/mol. The Kier molecular flexibility index (Phi) is 3.44. The van der Waals surface area contributed by atoms with Gasteiger partial charge < -0.3 is 5.73 Å². The fourth-order valence-electron chi connectivity index (χ4n) is 1.13. The molecule has 0 amide bonds. The number of thiophene rings is 2. The number of hydrogen-bond donors (Lipinski definition) is 1. The minimum Gasteiger partial charge on any atom is -0.319 e. The summed E-state index contributed by atoms with van der Waals surface area (Å²) in [6.07, 6.45) is 0. The van der Waals surface area contributed by atoms with Crippen LogP contribution >= 0.6 is 54.5 Å². The highest BCUT2D eigenvalue weighted by atomic mass is 79.9. The highest BCUT2D eigenvalue weighted by Gasteiger charge is 2.14. The minimum atomic E-state index is 0.00241. The summed E-state index contributed by atoms with van der Waals surface area (Å²) >= 11 is 10.3. The van der Waals surface area contributed by atoms with Crippen molar-refractivity contribution in [3.05, 3.63) is 41.6 Å². The third kappa shape index (κ3) is 2.12. The monoisotopic (exact) mass is 351 g/mol. The van der Waals surface area contributed by atoms with Gasteiger partial charge in [0.1, 0.15) is 0 Å². The van der Waals surface area contributed by atoms with Crippen LogP contribution in [0, 0.1) is 0 Å². The van der Waals surface area contributed by atoms with Crippen molar-refractivity contribution in [2.75, 3.05) is 0 Å². The van der Waals surface area contributed by atoms with Gasteiger partial charge >= 0.3 is 0 Å². The van der Waals surface area contributed by atoms with Crippen LogP contribution in [0.3, 0.4) is 0 Å². The Bertz CT molecular complexity index is 402. The molecule has 1 nitrogen and oxygen atoms in total. The SMILES string of the molecule is N[C@@H](c1cccs1)c1cc(Br)c(Br)s1. The summed E-state index contributed by atoms with van der Waals surface area (Å²) in [6.45, 7) is 0. The Balaban J connectivity index is 2.32. The third-order valence-electron chi connectivity index (χ3n) is 1.82. The van der Waals surface area contributed by atoms with Crippen molar-refractivity contribution < 1.29 is 0 Å². The number of halogens is 2. The molecule has 2 N–H and O–H groups in total. The molecule has 0 aliphatic heterocycles. The summed E-state index contributed by atoms with van der Waals surface area (Å²) in [7, 11) is 0. The van der Waals surface area contributed by atoms with Gasteiger partial charge in [-0.3, -0.25) is 0 Å². The molecule has 0 saturated carbocycles. The molecule has 0 spiro atoms. The zero-order valence-corrected chi connectivity index (χ0v) is 11.8. The molecular formula is C9H7Br2NS2. The smallest absolute Gasteiger partial charge is 0.0843 e. The number of rotatable bonds is 2. The fourth-order valence-corrected chi connectivity index (χ4v) is 4.05. The highest BCUT2D eigenvalue weighted by Crippen LogP contribution is 2.37. The summed E-state index contributed by atoms with van der Waals surface area (Å²) in [5.41, 5.74) is 6.12. The lowest BCUT2D eigenvalue weighted by atomic mass is 10.2. The van der Waals surface area contributed by atoms with Crippen LogP contribution in [-0.4, -0.2) is 0 Å². The zero-order valence-electron chi connectivity index (χ0n) is 7.04. The Morgan fingerprint density at radius 2 is 2.07 bits per heavy atom. The molecule has 0 saturated heterocycles. The van der Waals surface area contributed by atoms with Crippen LogP contribution in [0.2, 0.25) is 0 Å². The van der Waals surface area contributed by atoms with E-state index in [9.17, 15) is 0 Å². The lowest BCUT2D eigenvalue weighted by Crippen LogP contribution is -2.07. The summed E-state index contributed by atoms with van der Waals surface area (Å²) < 4.78 is 2.17. The van der Waals surface area contributed by atoms with Crippen LogP contribution in [0.5, 0.6) is 0 Å². The van der Waals surface area contributed by atoms with Crippen molar-refractivity contribution in [3.63, 3.8) is 0 Å². The van der Waals surface area contributed by atoms with Crippen LogP contribution in [0.15, 0.2) is 31.8 Å². The quantitative estimate of drug-likeness (QED) is 0.852. The second-order valence-corrected chi connectivity index (χ2v) is 7.00. The normalized spacial score (nSPS) is 13.1. The third-order valence-corrected chi connectivity index (χ3v) is 6.12. The molecule has 0 aliphatic carbocycles. The number of nitrogens with two attached hydrogens (primary N) is 1. The summed E-state index contributed by atoms with van der Waals surface area (Å²) in [5.74, 6) is 0. The molecule has 0 radical (unpaired) electrons. The molecule has 1 atom stereocenters. The Labute approximate surface area is 107 Å². The first-order valence-electron chi connectivity index (χ1n) is 3.92. The van der Waals surface area contributed by atoms with Crippen molar-refractivity contribution in [3.8, 4) is 0 Å². The van der Waals surface area contributed by atoms with E-state index in [1.165, 1.54) is 9.75 Å². The van der Waals surface area contributed by atoms with Crippen LogP contribution < -0.4 is 5.73 Å². The van der Waals surface area contributed by atoms with Gasteiger partial charge in [0, 0.05) is 14.2 Å². The van der Waals surface area contributed by atoms with Gasteiger partial charge in [0.15, 0.2) is 0 Å². The van der Waals surface area contributed by atoms with E-state index in [1.54, 1.807) is 22.7 Å². The van der Waals surface area contributed by atoms with E-state index >= 15 is 0 Å². The standard InChI is InChI=1S/C9H7Br2NS2/c10-5-4-7(14-9(5)11)8(12)6-2-1-3-13-6/h1-4,8H,12H2/t8-/m0/s1. The molecule has 2 aromatic heterocycles. The van der Waals surface area contributed by atoms with Gasteiger partial charge in [0.05, 0.1) is 9.83 Å². The molecule has 0 fully saturated rings. The van der Waals surface area contributed by atoms with Crippen molar-refractivity contribution >= 4 is 54.5 Å². The van der Waals surface area contributed by atoms with Crippen LogP contribution in [-0.2, 0) is 0 Å². The minimum absolute atomic E-state index is 0.00241. The van der Waals surface area contributed by atoms with Crippen LogP contribution in [0.1, 0.15) is 15.8 Å². The molecule has 0 aromatic carbocycles. The molecule has 5 heteroatoms. The molecule has 2 rings (SSSR count). The zero-order chi connectivity index (χ0) is 10.1. The Hall–Kier alpha value is 0.320. The predicted molar refractivity (Wildman–Crippen MR) is 70.1 cm³/mol. The molecule has 2 heterocycles. The largest absolute Gasteiger partial charge is 0.319 e. The Morgan fingerprint density at radius 3 is 2.57 bits per heavy atom. The molecule has 2 aromatic rings. The molecule has 0 unspecified atom stereocenters. The van der Waals surface area contributed by atoms with E-state index in [0.29, 0.717) is 0 Å². The molecule has 74 valence electrons. The van der Waals surface area contributed by atoms with Gasteiger partial charge in [-0.1, -0.05) is 6.07 Å². The van der Waals surface area contributed by atoms with Gasteiger partial charge in [-0.2, -0.15) is 0 Å². The summed E-state index contributed by atoms with van der Waals surface area (Å²) in [5, 5.41) is 2.05. The second-order valence-electron chi connectivity index (χ2n) is 2.76. The van der Waals surface area contributed by atoms with E-state index in [0.717, 1.165) is 8.26 Å². The van der Waals surface area contributed by atoms with Crippen molar-refractivity contribution in [2.24, 2.45) is 5.73 Å². The van der Waals surface area contributed by atoms with Gasteiger partial charge in [-0.15, -0.1) is 22.7 Å². The van der Waals surface area contributed by atoms with Crippen LogP contribution in [0.25, 0.3) is 0 Å². The van der Waals surface area contributed by atoms with Crippen molar-refractivity contribution in [1.29, 1.82) is 0 Å².